The second-order valence-corrected chi connectivity index (χ2v) is 7.04. The van der Waals surface area contributed by atoms with E-state index in [2.05, 4.69) is 5.32 Å². The van der Waals surface area contributed by atoms with Gasteiger partial charge in [0.1, 0.15) is 6.54 Å². The molecule has 0 radical (unpaired) electrons. The van der Waals surface area contributed by atoms with E-state index in [1.807, 2.05) is 0 Å². The molecule has 2 aromatic rings. The van der Waals surface area contributed by atoms with Gasteiger partial charge in [0.25, 0.3) is 0 Å². The maximum absolute atomic E-state index is 13.4. The highest BCUT2D eigenvalue weighted by atomic mass is 19.4. The van der Waals surface area contributed by atoms with Crippen LogP contribution < -0.4 is 10.2 Å². The monoisotopic (exact) mass is 427 g/mol. The van der Waals surface area contributed by atoms with Crippen LogP contribution in [0.25, 0.3) is 0 Å². The van der Waals surface area contributed by atoms with Gasteiger partial charge >= 0.3 is 6.18 Å². The molecule has 0 saturated carbocycles. The maximum Gasteiger partial charge on any atom is 0.416 e. The molecule has 160 valence electrons. The van der Waals surface area contributed by atoms with Crippen molar-refractivity contribution in [3.05, 3.63) is 59.2 Å². The maximum atomic E-state index is 13.4. The van der Waals surface area contributed by atoms with Gasteiger partial charge in [-0.2, -0.15) is 13.2 Å². The van der Waals surface area contributed by atoms with Crippen molar-refractivity contribution >= 4 is 23.2 Å². The number of hydrogen-bond donors (Lipinski definition) is 1. The summed E-state index contributed by atoms with van der Waals surface area (Å²) >= 11 is 0. The number of rotatable bonds is 4. The number of likely N-dealkylation sites (N-methyl/N-ethyl adjacent to an activating group) is 1. The Bertz CT molecular complexity index is 993. The topological polar surface area (TPSA) is 52.7 Å². The van der Waals surface area contributed by atoms with Gasteiger partial charge in [0.05, 0.1) is 23.0 Å². The second-order valence-electron chi connectivity index (χ2n) is 7.04. The van der Waals surface area contributed by atoms with Crippen molar-refractivity contribution in [3.8, 4) is 0 Å². The highest BCUT2D eigenvalue weighted by molar-refractivity contribution is 6.11. The Morgan fingerprint density at radius 2 is 1.87 bits per heavy atom. The Morgan fingerprint density at radius 3 is 2.50 bits per heavy atom. The molecule has 0 aromatic heterocycles. The molecule has 1 aliphatic heterocycles. The van der Waals surface area contributed by atoms with Crippen LogP contribution in [-0.4, -0.2) is 36.3 Å². The predicted octanol–water partition coefficient (Wildman–Crippen LogP) is 3.79. The number of carbonyl (C=O) groups is 2. The molecule has 0 bridgehead atoms. The van der Waals surface area contributed by atoms with E-state index in [-0.39, 0.29) is 24.5 Å². The van der Waals surface area contributed by atoms with E-state index in [9.17, 15) is 31.5 Å². The zero-order valence-corrected chi connectivity index (χ0v) is 16.1. The molecule has 1 N–H and O–H groups in total. The van der Waals surface area contributed by atoms with Gasteiger partial charge in [-0.3, -0.25) is 19.4 Å². The smallest absolute Gasteiger partial charge is 0.323 e. The number of nitrogens with zero attached hydrogens (tertiary/aromatic N) is 2. The minimum atomic E-state index is -4.59. The highest BCUT2D eigenvalue weighted by Crippen LogP contribution is 2.37. The van der Waals surface area contributed by atoms with E-state index in [1.165, 1.54) is 6.07 Å². The number of hydrogen-bond acceptors (Lipinski definition) is 3. The molecule has 0 fully saturated rings. The van der Waals surface area contributed by atoms with Crippen LogP contribution in [0, 0.1) is 11.6 Å². The van der Waals surface area contributed by atoms with Crippen molar-refractivity contribution in [3.63, 3.8) is 0 Å². The summed E-state index contributed by atoms with van der Waals surface area (Å²) in [4.78, 5) is 27.6. The number of alkyl halides is 3. The first kappa shape index (κ1) is 21.7. The van der Waals surface area contributed by atoms with Gasteiger partial charge in [-0.15, -0.1) is 0 Å². The Balaban J connectivity index is 1.82. The van der Waals surface area contributed by atoms with Crippen molar-refractivity contribution in [2.75, 3.05) is 23.8 Å². The lowest BCUT2D eigenvalue weighted by atomic mass is 10.1. The van der Waals surface area contributed by atoms with Crippen LogP contribution >= 0.6 is 0 Å². The number of anilines is 2. The quantitative estimate of drug-likeness (QED) is 0.756. The zero-order chi connectivity index (χ0) is 22.2. The molecule has 10 heteroatoms. The fourth-order valence-electron chi connectivity index (χ4n) is 3.14. The standard InChI is InChI=1S/C20H18F5N3O2/c1-11(27(2)9-12-3-5-14(21)15(22)7-12)19(30)28-10-18(29)26-16-8-13(20(23,24)25)4-6-17(16)28/h3-8,11H,9-10H2,1-2H3,(H,26,29)/t11-/m1/s1. The molecule has 1 aliphatic rings. The third kappa shape index (κ3) is 4.43. The molecule has 0 unspecified atom stereocenters. The van der Waals surface area contributed by atoms with E-state index in [4.69, 9.17) is 0 Å². The average Bonchev–Trinajstić information content (AvgIpc) is 2.67. The first-order valence-corrected chi connectivity index (χ1v) is 8.94. The summed E-state index contributed by atoms with van der Waals surface area (Å²) in [5.74, 6) is -3.14. The van der Waals surface area contributed by atoms with Crippen LogP contribution in [0.3, 0.4) is 0 Å². The lowest BCUT2D eigenvalue weighted by Gasteiger charge is -2.34. The summed E-state index contributed by atoms with van der Waals surface area (Å²) in [6.07, 6.45) is -4.59. The largest absolute Gasteiger partial charge is 0.416 e. The van der Waals surface area contributed by atoms with Gasteiger partial charge in [-0.05, 0) is 49.9 Å². The number of halogens is 5. The molecule has 5 nitrogen and oxygen atoms in total. The van der Waals surface area contributed by atoms with Gasteiger partial charge in [-0.1, -0.05) is 6.07 Å². The lowest BCUT2D eigenvalue weighted by molar-refractivity contribution is -0.137. The van der Waals surface area contributed by atoms with Crippen molar-refractivity contribution in [2.24, 2.45) is 0 Å². The molecule has 0 spiro atoms. The Labute approximate surface area is 169 Å². The lowest BCUT2D eigenvalue weighted by Crippen LogP contribution is -2.50. The van der Waals surface area contributed by atoms with E-state index < -0.39 is 41.2 Å². The second kappa shape index (κ2) is 8.02. The number of amides is 2. The Morgan fingerprint density at radius 1 is 1.17 bits per heavy atom. The van der Waals surface area contributed by atoms with Crippen molar-refractivity contribution in [1.29, 1.82) is 0 Å². The van der Waals surface area contributed by atoms with Crippen LogP contribution in [-0.2, 0) is 22.3 Å². The van der Waals surface area contributed by atoms with E-state index in [1.54, 1.807) is 18.9 Å². The zero-order valence-electron chi connectivity index (χ0n) is 16.1. The summed E-state index contributed by atoms with van der Waals surface area (Å²) in [5, 5.41) is 2.35. The van der Waals surface area contributed by atoms with Gasteiger partial charge in [0.2, 0.25) is 11.8 Å². The first-order chi connectivity index (χ1) is 14.0. The minimum absolute atomic E-state index is 0.107. The summed E-state index contributed by atoms with van der Waals surface area (Å²) in [7, 11) is 1.58. The van der Waals surface area contributed by atoms with Crippen molar-refractivity contribution in [2.45, 2.75) is 25.7 Å². The van der Waals surface area contributed by atoms with Gasteiger partial charge in [0.15, 0.2) is 11.6 Å². The molecule has 1 atom stereocenters. The van der Waals surface area contributed by atoms with Gasteiger partial charge in [-0.25, -0.2) is 8.78 Å². The van der Waals surface area contributed by atoms with Crippen LogP contribution in [0.4, 0.5) is 33.3 Å². The summed E-state index contributed by atoms with van der Waals surface area (Å²) in [6, 6.07) is 5.35. The minimum Gasteiger partial charge on any atom is -0.323 e. The third-order valence-corrected chi connectivity index (χ3v) is 4.89. The molecule has 2 aromatic carbocycles. The molecule has 0 aliphatic carbocycles. The predicted molar refractivity (Wildman–Crippen MR) is 99.7 cm³/mol. The molecule has 1 heterocycles. The third-order valence-electron chi connectivity index (χ3n) is 4.89. The average molecular weight is 427 g/mol. The van der Waals surface area contributed by atoms with Crippen LogP contribution in [0.15, 0.2) is 36.4 Å². The number of carbonyl (C=O) groups excluding carboxylic acids is 2. The summed E-state index contributed by atoms with van der Waals surface area (Å²) in [5.41, 5.74) is -0.465. The molecular formula is C20H18F5N3O2. The fourth-order valence-corrected chi connectivity index (χ4v) is 3.14. The normalized spacial score (nSPS) is 15.1. The van der Waals surface area contributed by atoms with Crippen molar-refractivity contribution < 1.29 is 31.5 Å². The van der Waals surface area contributed by atoms with Crippen LogP contribution in [0.1, 0.15) is 18.1 Å². The summed E-state index contributed by atoms with van der Waals surface area (Å²) < 4.78 is 65.4. The molecule has 30 heavy (non-hydrogen) atoms. The summed E-state index contributed by atoms with van der Waals surface area (Å²) in [6.45, 7) is 1.32. The van der Waals surface area contributed by atoms with E-state index >= 15 is 0 Å². The molecule has 0 saturated heterocycles. The van der Waals surface area contributed by atoms with Crippen LogP contribution in [0.5, 0.6) is 0 Å². The SMILES string of the molecule is C[C@H](C(=O)N1CC(=O)Nc2cc(C(F)(F)F)ccc21)N(C)Cc1ccc(F)c(F)c1. The Hall–Kier alpha value is -3.01. The number of benzene rings is 2. The van der Waals surface area contributed by atoms with E-state index in [0.29, 0.717) is 5.56 Å². The van der Waals surface area contributed by atoms with E-state index in [0.717, 1.165) is 35.2 Å². The molecule has 2 amide bonds. The van der Waals surface area contributed by atoms with Crippen LogP contribution in [0.2, 0.25) is 0 Å². The first-order valence-electron chi connectivity index (χ1n) is 8.94. The fraction of sp³-hybridized carbons (Fsp3) is 0.300. The van der Waals surface area contributed by atoms with Gasteiger partial charge < -0.3 is 5.32 Å². The number of nitrogens with one attached hydrogen (secondary N) is 1. The van der Waals surface area contributed by atoms with Gasteiger partial charge in [0, 0.05) is 6.54 Å². The molecular weight excluding hydrogens is 409 g/mol. The van der Waals surface area contributed by atoms with Crippen molar-refractivity contribution in [1.82, 2.24) is 4.90 Å². The highest BCUT2D eigenvalue weighted by Gasteiger charge is 2.35. The number of fused-ring (bicyclic) bond motifs is 1. The Kier molecular flexibility index (Phi) is 5.80. The molecule has 3 rings (SSSR count).